The molecular formula is C13H8CaO6. The van der Waals surface area contributed by atoms with Gasteiger partial charge in [0.15, 0.2) is 0 Å². The average Bonchev–Trinajstić information content (AvgIpc) is 2.35. The van der Waals surface area contributed by atoms with Crippen LogP contribution in [0.25, 0.3) is 10.8 Å². The number of carbonyl (C=O) groups is 3. The molecule has 0 heterocycles. The number of rotatable bonds is 3. The molecule has 0 spiro atoms. The minimum absolute atomic E-state index is 0. The zero-order valence-corrected chi connectivity index (χ0v) is 12.4. The maximum atomic E-state index is 11.3. The number of fused-ring (bicyclic) bond motifs is 1. The van der Waals surface area contributed by atoms with Crippen molar-refractivity contribution in [3.8, 4) is 0 Å². The molecule has 2 aromatic carbocycles. The van der Waals surface area contributed by atoms with E-state index in [2.05, 4.69) is 0 Å². The Morgan fingerprint density at radius 2 is 1.35 bits per heavy atom. The molecule has 0 bridgehead atoms. The van der Waals surface area contributed by atoms with Crippen LogP contribution >= 0.6 is 0 Å². The molecule has 0 atom stereocenters. The summed E-state index contributed by atoms with van der Waals surface area (Å²) in [5.74, 6) is -4.54. The maximum absolute atomic E-state index is 11.3. The van der Waals surface area contributed by atoms with Crippen molar-refractivity contribution in [2.75, 3.05) is 0 Å². The Bertz CT molecular complexity index is 722. The van der Waals surface area contributed by atoms with E-state index in [0.29, 0.717) is 5.39 Å². The Kier molecular flexibility index (Phi) is 5.10. The number of aromatic carboxylic acids is 3. The first-order valence-electron chi connectivity index (χ1n) is 5.19. The molecule has 0 aliphatic heterocycles. The molecule has 98 valence electrons. The topological polar surface area (TPSA) is 112 Å². The molecule has 0 aliphatic carbocycles. The third-order valence-corrected chi connectivity index (χ3v) is 2.71. The maximum Gasteiger partial charge on any atom is 0.337 e. The molecule has 0 saturated heterocycles. The van der Waals surface area contributed by atoms with E-state index in [-0.39, 0.29) is 43.1 Å². The van der Waals surface area contributed by atoms with Gasteiger partial charge in [0.2, 0.25) is 0 Å². The van der Waals surface area contributed by atoms with Crippen LogP contribution in [0.1, 0.15) is 31.1 Å². The van der Waals surface area contributed by atoms with E-state index in [4.69, 9.17) is 15.3 Å². The van der Waals surface area contributed by atoms with Crippen LogP contribution in [0.2, 0.25) is 0 Å². The average molecular weight is 300 g/mol. The van der Waals surface area contributed by atoms with Crippen molar-refractivity contribution in [1.82, 2.24) is 0 Å². The smallest absolute Gasteiger partial charge is 0.337 e. The predicted molar refractivity (Wildman–Crippen MR) is 70.6 cm³/mol. The summed E-state index contributed by atoms with van der Waals surface area (Å²) in [6.07, 6.45) is 0. The molecule has 2 aromatic rings. The number of carboxylic acids is 3. The number of benzene rings is 2. The van der Waals surface area contributed by atoms with Crippen LogP contribution in [-0.4, -0.2) is 71.0 Å². The van der Waals surface area contributed by atoms with Crippen LogP contribution < -0.4 is 0 Å². The predicted octanol–water partition coefficient (Wildman–Crippen LogP) is 1.55. The second-order valence-corrected chi connectivity index (χ2v) is 3.81. The minimum Gasteiger partial charge on any atom is -0.478 e. The van der Waals surface area contributed by atoms with Gasteiger partial charge in [-0.15, -0.1) is 0 Å². The summed E-state index contributed by atoms with van der Waals surface area (Å²) < 4.78 is 0. The molecule has 3 N–H and O–H groups in total. The summed E-state index contributed by atoms with van der Waals surface area (Å²) in [5, 5.41) is 27.8. The van der Waals surface area contributed by atoms with Gasteiger partial charge in [0.25, 0.3) is 0 Å². The van der Waals surface area contributed by atoms with Gasteiger partial charge in [0.1, 0.15) is 0 Å². The monoisotopic (exact) mass is 300 g/mol. The summed E-state index contributed by atoms with van der Waals surface area (Å²) in [6, 6.07) is 7.30. The van der Waals surface area contributed by atoms with Gasteiger partial charge in [0, 0.05) is 37.7 Å². The SMILES string of the molecule is O=C(O)c1cc2ccccc2c(C(=O)O)c1C(=O)O.[Ca]. The molecule has 0 unspecified atom stereocenters. The van der Waals surface area contributed by atoms with E-state index in [0.717, 1.165) is 6.07 Å². The van der Waals surface area contributed by atoms with Gasteiger partial charge in [-0.3, -0.25) is 0 Å². The fourth-order valence-corrected chi connectivity index (χ4v) is 1.96. The van der Waals surface area contributed by atoms with E-state index in [1.54, 1.807) is 12.1 Å². The molecule has 6 nitrogen and oxygen atoms in total. The fourth-order valence-electron chi connectivity index (χ4n) is 1.96. The van der Waals surface area contributed by atoms with Gasteiger partial charge in [-0.2, -0.15) is 0 Å². The van der Waals surface area contributed by atoms with Gasteiger partial charge in [-0.05, 0) is 16.8 Å². The van der Waals surface area contributed by atoms with Crippen molar-refractivity contribution in [1.29, 1.82) is 0 Å². The van der Waals surface area contributed by atoms with E-state index in [1.807, 2.05) is 0 Å². The van der Waals surface area contributed by atoms with E-state index < -0.39 is 34.6 Å². The molecule has 0 aliphatic rings. The van der Waals surface area contributed by atoms with Gasteiger partial charge >= 0.3 is 17.9 Å². The Hall–Kier alpha value is -1.63. The largest absolute Gasteiger partial charge is 0.478 e. The van der Waals surface area contributed by atoms with Gasteiger partial charge in [-0.1, -0.05) is 24.3 Å². The Morgan fingerprint density at radius 3 is 1.85 bits per heavy atom. The second kappa shape index (κ2) is 6.21. The molecule has 7 heteroatoms. The van der Waals surface area contributed by atoms with Gasteiger partial charge in [0.05, 0.1) is 16.7 Å². The molecule has 0 saturated carbocycles. The van der Waals surface area contributed by atoms with Crippen LogP contribution in [0.3, 0.4) is 0 Å². The third kappa shape index (κ3) is 2.77. The molecule has 2 rings (SSSR count). The first kappa shape index (κ1) is 16.4. The normalized spacial score (nSPS) is 9.80. The van der Waals surface area contributed by atoms with Crippen molar-refractivity contribution < 1.29 is 29.7 Å². The summed E-state index contributed by atoms with van der Waals surface area (Å²) in [7, 11) is 0. The van der Waals surface area contributed by atoms with Gasteiger partial charge in [-0.25, -0.2) is 14.4 Å². The van der Waals surface area contributed by atoms with Crippen molar-refractivity contribution >= 4 is 66.4 Å². The molecule has 0 aromatic heterocycles. The van der Waals surface area contributed by atoms with Crippen LogP contribution in [0.15, 0.2) is 30.3 Å². The van der Waals surface area contributed by atoms with Crippen molar-refractivity contribution in [2.45, 2.75) is 0 Å². The summed E-state index contributed by atoms with van der Waals surface area (Å²) in [6.45, 7) is 0. The number of hydrogen-bond acceptors (Lipinski definition) is 3. The molecular weight excluding hydrogens is 292 g/mol. The third-order valence-electron chi connectivity index (χ3n) is 2.71. The van der Waals surface area contributed by atoms with E-state index in [1.165, 1.54) is 12.1 Å². The molecule has 0 fully saturated rings. The van der Waals surface area contributed by atoms with E-state index >= 15 is 0 Å². The Balaban J connectivity index is 0.00000200. The minimum atomic E-state index is -1.58. The second-order valence-electron chi connectivity index (χ2n) is 3.81. The zero-order valence-electron chi connectivity index (χ0n) is 10.2. The Morgan fingerprint density at radius 1 is 0.800 bits per heavy atom. The van der Waals surface area contributed by atoms with Crippen molar-refractivity contribution in [2.24, 2.45) is 0 Å². The first-order chi connectivity index (χ1) is 8.93. The molecule has 0 amide bonds. The quantitative estimate of drug-likeness (QED) is 0.741. The number of hydrogen-bond donors (Lipinski definition) is 3. The molecule has 2 radical (unpaired) electrons. The zero-order chi connectivity index (χ0) is 14.2. The van der Waals surface area contributed by atoms with Crippen LogP contribution in [-0.2, 0) is 0 Å². The fraction of sp³-hybridized carbons (Fsp3) is 0. The van der Waals surface area contributed by atoms with Crippen LogP contribution in [0, 0.1) is 0 Å². The van der Waals surface area contributed by atoms with Crippen LogP contribution in [0.4, 0.5) is 0 Å². The first-order valence-corrected chi connectivity index (χ1v) is 5.19. The van der Waals surface area contributed by atoms with Gasteiger partial charge < -0.3 is 15.3 Å². The summed E-state index contributed by atoms with van der Waals surface area (Å²) in [5.41, 5.74) is -1.76. The standard InChI is InChI=1S/C13H8O6.Ca/c14-11(15)8-5-6-3-1-2-4-7(6)9(12(16)17)10(8)13(18)19;/h1-5H,(H,14,15)(H,16,17)(H,18,19);. The Labute approximate surface area is 142 Å². The number of carboxylic acid groups (broad SMARTS) is 3. The van der Waals surface area contributed by atoms with E-state index in [9.17, 15) is 14.4 Å². The summed E-state index contributed by atoms with van der Waals surface area (Å²) in [4.78, 5) is 33.5. The van der Waals surface area contributed by atoms with Crippen LogP contribution in [0.5, 0.6) is 0 Å². The van der Waals surface area contributed by atoms with Crippen molar-refractivity contribution in [3.63, 3.8) is 0 Å². The summed E-state index contributed by atoms with van der Waals surface area (Å²) >= 11 is 0. The van der Waals surface area contributed by atoms with Crippen molar-refractivity contribution in [3.05, 3.63) is 47.0 Å². The molecule has 20 heavy (non-hydrogen) atoms.